The van der Waals surface area contributed by atoms with Crippen molar-refractivity contribution in [2.45, 2.75) is 31.7 Å². The van der Waals surface area contributed by atoms with Gasteiger partial charge in [0.05, 0.1) is 18.3 Å². The van der Waals surface area contributed by atoms with E-state index in [1.165, 1.54) is 0 Å². The van der Waals surface area contributed by atoms with Crippen molar-refractivity contribution in [1.82, 2.24) is 0 Å². The Kier molecular flexibility index (Phi) is 6.67. The van der Waals surface area contributed by atoms with Gasteiger partial charge in [-0.05, 0) is 6.92 Å². The van der Waals surface area contributed by atoms with Crippen molar-refractivity contribution in [3.8, 4) is 0 Å². The van der Waals surface area contributed by atoms with Gasteiger partial charge in [-0.25, -0.2) is 4.31 Å². The Balaban J connectivity index is 2.56. The third-order valence-electron chi connectivity index (χ3n) is 2.21. The van der Waals surface area contributed by atoms with Gasteiger partial charge in [-0.3, -0.25) is 18.0 Å². The molecule has 0 saturated carbocycles. The molecule has 126 valence electrons. The summed E-state index contributed by atoms with van der Waals surface area (Å²) in [6, 6.07) is 0. The van der Waals surface area contributed by atoms with E-state index in [4.69, 9.17) is 9.63 Å². The molecule has 6 atom stereocenters. The normalized spacial score (nSPS) is 34.9. The maximum absolute atomic E-state index is 11.4. The number of phosphoric acid groups is 2. The van der Waals surface area contributed by atoms with Gasteiger partial charge in [0.1, 0.15) is 0 Å². The topological polar surface area (TPSA) is 189 Å². The van der Waals surface area contributed by atoms with E-state index in [1.54, 1.807) is 6.92 Å². The van der Waals surface area contributed by atoms with Crippen LogP contribution < -0.4 is 14.7 Å². The van der Waals surface area contributed by atoms with Gasteiger partial charge in [-0.1, -0.05) is 11.4 Å². The van der Waals surface area contributed by atoms with Crippen LogP contribution in [-0.2, 0) is 27.1 Å². The Morgan fingerprint density at radius 2 is 1.86 bits per heavy atom. The first-order chi connectivity index (χ1) is 9.30. The van der Waals surface area contributed by atoms with Crippen LogP contribution in [-0.4, -0.2) is 34.1 Å². The summed E-state index contributed by atoms with van der Waals surface area (Å²) in [5, 5.41) is 9.52. The summed E-state index contributed by atoms with van der Waals surface area (Å²) in [5.74, 6) is -0.333. The molecule has 4 unspecified atom stereocenters. The van der Waals surface area contributed by atoms with Crippen LogP contribution >= 0.6 is 33.8 Å². The smallest absolute Gasteiger partial charge is 0.279 e. The summed E-state index contributed by atoms with van der Waals surface area (Å²) < 4.78 is 44.5. The SMILES string of the molecule is C[C@H]1CC(O)[C@@H](CSP(=O)([O-])OP(=O)([O-])OP(=O)([O-])O)O1. The number of ether oxygens (including phenoxy) is 1. The Morgan fingerprint density at radius 3 is 2.29 bits per heavy atom. The zero-order valence-corrected chi connectivity index (χ0v) is 14.0. The summed E-state index contributed by atoms with van der Waals surface area (Å²) in [7, 11) is -11.5. The van der Waals surface area contributed by atoms with Crippen molar-refractivity contribution in [3.63, 3.8) is 0 Å². The lowest BCUT2D eigenvalue weighted by molar-refractivity contribution is -0.240. The van der Waals surface area contributed by atoms with Crippen LogP contribution in [0, 0.1) is 0 Å². The fraction of sp³-hybridized carbons (Fsp3) is 1.00. The second kappa shape index (κ2) is 7.09. The molecule has 11 nitrogen and oxygen atoms in total. The molecular weight excluding hydrogens is 373 g/mol. The molecule has 0 spiro atoms. The second-order valence-corrected chi connectivity index (χ2v) is 10.9. The molecule has 1 aliphatic rings. The number of hydrogen-bond donors (Lipinski definition) is 2. The van der Waals surface area contributed by atoms with E-state index in [0.29, 0.717) is 6.42 Å². The van der Waals surface area contributed by atoms with E-state index in [1.807, 2.05) is 0 Å². The van der Waals surface area contributed by atoms with Gasteiger partial charge in [0, 0.05) is 12.2 Å². The van der Waals surface area contributed by atoms with E-state index in [9.17, 15) is 33.5 Å². The predicted molar refractivity (Wildman–Crippen MR) is 64.6 cm³/mol. The van der Waals surface area contributed by atoms with Gasteiger partial charge in [-0.2, -0.15) is 0 Å². The largest absolute Gasteiger partial charge is 0.770 e. The van der Waals surface area contributed by atoms with E-state index in [2.05, 4.69) is 8.62 Å². The molecule has 2 N–H and O–H groups in total. The molecule has 1 saturated heterocycles. The van der Waals surface area contributed by atoms with Crippen molar-refractivity contribution in [2.24, 2.45) is 0 Å². The summed E-state index contributed by atoms with van der Waals surface area (Å²) >= 11 is 0.00182. The van der Waals surface area contributed by atoms with E-state index < -0.39 is 34.7 Å². The van der Waals surface area contributed by atoms with E-state index in [0.717, 1.165) is 0 Å². The Hall–Kier alpha value is 0.720. The van der Waals surface area contributed by atoms with Crippen LogP contribution in [0.1, 0.15) is 13.3 Å². The molecule has 0 amide bonds. The molecule has 15 heteroatoms. The molecule has 1 fully saturated rings. The maximum Gasteiger partial charge on any atom is 0.279 e. The molecule has 1 rings (SSSR count). The maximum atomic E-state index is 11.4. The quantitative estimate of drug-likeness (QED) is 0.493. The molecule has 21 heavy (non-hydrogen) atoms. The first-order valence-electron chi connectivity index (χ1n) is 5.36. The lowest BCUT2D eigenvalue weighted by atomic mass is 10.2. The molecule has 0 aromatic rings. The first-order valence-corrected chi connectivity index (χ1v) is 11.5. The zero-order chi connectivity index (χ0) is 16.5. The molecule has 0 radical (unpaired) electrons. The van der Waals surface area contributed by atoms with Gasteiger partial charge < -0.3 is 29.4 Å². The van der Waals surface area contributed by atoms with Gasteiger partial charge in [-0.15, -0.1) is 0 Å². The minimum absolute atomic E-state index is 0.00182. The minimum Gasteiger partial charge on any atom is -0.770 e. The molecule has 0 aliphatic carbocycles. The molecular formula is C6H12O11P3S-3. The average Bonchev–Trinajstić information content (AvgIpc) is 2.48. The third kappa shape index (κ3) is 7.69. The van der Waals surface area contributed by atoms with Crippen molar-refractivity contribution >= 4 is 33.8 Å². The van der Waals surface area contributed by atoms with Gasteiger partial charge in [0.15, 0.2) is 6.80 Å². The monoisotopic (exact) mass is 385 g/mol. The molecule has 0 aromatic heterocycles. The van der Waals surface area contributed by atoms with Crippen LogP contribution in [0.4, 0.5) is 0 Å². The van der Waals surface area contributed by atoms with E-state index in [-0.39, 0.29) is 23.2 Å². The first kappa shape index (κ1) is 19.8. The summed E-state index contributed by atoms with van der Waals surface area (Å²) in [6.07, 6.45) is -1.75. The highest BCUT2D eigenvalue weighted by atomic mass is 32.7. The number of aliphatic hydroxyl groups is 1. The lowest BCUT2D eigenvalue weighted by Crippen LogP contribution is -2.24. The number of aliphatic hydroxyl groups excluding tert-OH is 1. The van der Waals surface area contributed by atoms with Crippen molar-refractivity contribution in [2.75, 3.05) is 5.75 Å². The Bertz CT molecular complexity index is 504. The van der Waals surface area contributed by atoms with Gasteiger partial charge in [0.2, 0.25) is 0 Å². The Labute approximate surface area is 123 Å². The molecule has 0 aromatic carbocycles. The summed E-state index contributed by atoms with van der Waals surface area (Å²) in [4.78, 5) is 40.8. The highest BCUT2D eigenvalue weighted by Crippen LogP contribution is 2.66. The van der Waals surface area contributed by atoms with Crippen LogP contribution in [0.3, 0.4) is 0 Å². The lowest BCUT2D eigenvalue weighted by Gasteiger charge is -2.33. The predicted octanol–water partition coefficient (Wildman–Crippen LogP) is -1.31. The van der Waals surface area contributed by atoms with Crippen LogP contribution in [0.15, 0.2) is 0 Å². The zero-order valence-electron chi connectivity index (χ0n) is 10.5. The second-order valence-electron chi connectivity index (χ2n) is 4.11. The van der Waals surface area contributed by atoms with Gasteiger partial charge in [0.25, 0.3) is 15.6 Å². The van der Waals surface area contributed by atoms with Crippen molar-refractivity contribution < 1.29 is 51.7 Å². The highest BCUT2D eigenvalue weighted by molar-refractivity contribution is 8.54. The third-order valence-corrected chi connectivity index (χ3v) is 8.22. The standard InChI is InChI=1S/C6H15O11P3S/c1-4-2-5(7)6(15-4)3-21-20(13,14)17-19(11,12)16-18(8,9)10/h4-7H,2-3H2,1H3,(H,11,12)(H,13,14)(H2,8,9,10)/p-3/t4-,5?,6+/m0/s1. The van der Waals surface area contributed by atoms with Crippen molar-refractivity contribution in [1.29, 1.82) is 0 Å². The summed E-state index contributed by atoms with van der Waals surface area (Å²) in [5.41, 5.74) is 0. The van der Waals surface area contributed by atoms with Crippen LogP contribution in [0.2, 0.25) is 0 Å². The molecule has 1 heterocycles. The fourth-order valence-corrected chi connectivity index (χ4v) is 6.88. The van der Waals surface area contributed by atoms with E-state index >= 15 is 0 Å². The minimum atomic E-state index is -5.80. The summed E-state index contributed by atoms with van der Waals surface area (Å²) in [6.45, 7) is -3.43. The van der Waals surface area contributed by atoms with Crippen LogP contribution in [0.25, 0.3) is 0 Å². The highest BCUT2D eigenvalue weighted by Gasteiger charge is 2.33. The molecule has 1 aliphatic heterocycles. The molecule has 0 bridgehead atoms. The van der Waals surface area contributed by atoms with Gasteiger partial charge >= 0.3 is 0 Å². The average molecular weight is 385 g/mol. The Morgan fingerprint density at radius 1 is 1.29 bits per heavy atom. The number of hydrogen-bond acceptors (Lipinski definition) is 11. The number of rotatable bonds is 7. The van der Waals surface area contributed by atoms with Crippen molar-refractivity contribution in [3.05, 3.63) is 0 Å². The fourth-order valence-electron chi connectivity index (χ4n) is 1.54. The van der Waals surface area contributed by atoms with Crippen LogP contribution in [0.5, 0.6) is 0 Å².